The van der Waals surface area contributed by atoms with Crippen LogP contribution >= 0.6 is 35.0 Å². The molecule has 2 aliphatic heterocycles. The molecule has 2 aromatic carbocycles. The van der Waals surface area contributed by atoms with Gasteiger partial charge in [-0.15, -0.1) is 11.8 Å². The van der Waals surface area contributed by atoms with Gasteiger partial charge in [0, 0.05) is 27.4 Å². The normalized spacial score (nSPS) is 20.9. The van der Waals surface area contributed by atoms with Crippen LogP contribution in [0.15, 0.2) is 54.9 Å². The molecule has 3 amide bonds. The molecule has 0 spiro atoms. The maximum atomic E-state index is 13.7. The zero-order valence-electron chi connectivity index (χ0n) is 15.1. The number of thioether (sulfide) groups is 1. The summed E-state index contributed by atoms with van der Waals surface area (Å²) in [7, 11) is 0. The lowest BCUT2D eigenvalue weighted by Crippen LogP contribution is -2.60. The van der Waals surface area contributed by atoms with Crippen LogP contribution in [0.3, 0.4) is 0 Å². The van der Waals surface area contributed by atoms with Gasteiger partial charge in [-0.25, -0.2) is 14.1 Å². The number of urea groups is 1. The van der Waals surface area contributed by atoms with Gasteiger partial charge in [0.25, 0.3) is 5.91 Å². The Labute approximate surface area is 184 Å². The smallest absolute Gasteiger partial charge is 0.329 e. The zero-order valence-corrected chi connectivity index (χ0v) is 17.4. The van der Waals surface area contributed by atoms with Crippen LogP contribution in [-0.2, 0) is 4.79 Å². The maximum absolute atomic E-state index is 13.7. The molecule has 2 unspecified atom stereocenters. The minimum Gasteiger partial charge on any atom is -0.329 e. The third-order valence-electron chi connectivity index (χ3n) is 5.03. The van der Waals surface area contributed by atoms with E-state index in [4.69, 9.17) is 23.2 Å². The van der Waals surface area contributed by atoms with Gasteiger partial charge >= 0.3 is 6.03 Å². The monoisotopic (exact) mass is 459 g/mol. The minimum atomic E-state index is -0.620. The molecule has 1 N–H and O–H groups in total. The third-order valence-corrected chi connectivity index (χ3v) is 6.99. The molecule has 150 valence electrons. The van der Waals surface area contributed by atoms with Crippen LogP contribution in [0.5, 0.6) is 0 Å². The van der Waals surface area contributed by atoms with Crippen LogP contribution in [0.4, 0.5) is 14.9 Å². The Balaban J connectivity index is 1.51. The minimum absolute atomic E-state index is 0.0652. The SMILES string of the molecule is O=C1NC2C=C(c3cc(Cl)c(F)cc3Cl)SC2C(=O)N1c1cncc2ccccc12. The van der Waals surface area contributed by atoms with Crippen molar-refractivity contribution in [2.45, 2.75) is 11.3 Å². The molecule has 1 saturated heterocycles. The van der Waals surface area contributed by atoms with E-state index in [0.717, 1.165) is 21.7 Å². The van der Waals surface area contributed by atoms with Crippen molar-refractivity contribution in [1.82, 2.24) is 10.3 Å². The highest BCUT2D eigenvalue weighted by Crippen LogP contribution is 2.45. The molecule has 5 rings (SSSR count). The summed E-state index contributed by atoms with van der Waals surface area (Å²) in [6.07, 6.45) is 4.93. The molecule has 5 nitrogen and oxygen atoms in total. The zero-order chi connectivity index (χ0) is 21.0. The molecule has 3 aromatic rings. The number of rotatable bonds is 2. The summed E-state index contributed by atoms with van der Waals surface area (Å²) >= 11 is 13.4. The lowest BCUT2D eigenvalue weighted by molar-refractivity contribution is -0.118. The summed E-state index contributed by atoms with van der Waals surface area (Å²) < 4.78 is 13.7. The third kappa shape index (κ3) is 3.05. The molecule has 2 aliphatic rings. The highest BCUT2D eigenvalue weighted by molar-refractivity contribution is 8.09. The highest BCUT2D eigenvalue weighted by atomic mass is 35.5. The molecule has 1 aromatic heterocycles. The molecule has 30 heavy (non-hydrogen) atoms. The van der Waals surface area contributed by atoms with Crippen molar-refractivity contribution >= 4 is 68.3 Å². The van der Waals surface area contributed by atoms with Crippen molar-refractivity contribution in [3.8, 4) is 0 Å². The van der Waals surface area contributed by atoms with Gasteiger partial charge in [-0.2, -0.15) is 0 Å². The molecule has 1 fully saturated rings. The number of fused-ring (bicyclic) bond motifs is 2. The fourth-order valence-electron chi connectivity index (χ4n) is 3.63. The summed E-state index contributed by atoms with van der Waals surface area (Å²) in [6, 6.07) is 8.93. The Bertz CT molecular complexity index is 1260. The number of hydrogen-bond acceptors (Lipinski definition) is 4. The van der Waals surface area contributed by atoms with Crippen molar-refractivity contribution in [1.29, 1.82) is 0 Å². The second-order valence-electron chi connectivity index (χ2n) is 6.84. The largest absolute Gasteiger partial charge is 0.329 e. The Morgan fingerprint density at radius 1 is 1.10 bits per heavy atom. The Morgan fingerprint density at radius 3 is 2.73 bits per heavy atom. The molecule has 0 radical (unpaired) electrons. The number of imide groups is 1. The topological polar surface area (TPSA) is 62.3 Å². The van der Waals surface area contributed by atoms with E-state index in [-0.39, 0.29) is 16.0 Å². The summed E-state index contributed by atoms with van der Waals surface area (Å²) in [5, 5.41) is 3.96. The van der Waals surface area contributed by atoms with Gasteiger partial charge in [-0.05, 0) is 18.2 Å². The van der Waals surface area contributed by atoms with Gasteiger partial charge in [0.1, 0.15) is 11.1 Å². The number of amides is 3. The van der Waals surface area contributed by atoms with Crippen molar-refractivity contribution in [2.75, 3.05) is 4.90 Å². The van der Waals surface area contributed by atoms with Crippen molar-refractivity contribution in [3.05, 3.63) is 76.3 Å². The molecule has 2 atom stereocenters. The quantitative estimate of drug-likeness (QED) is 0.530. The number of benzene rings is 2. The predicted octanol–water partition coefficient (Wildman–Crippen LogP) is 5.26. The van der Waals surface area contributed by atoms with E-state index in [1.54, 1.807) is 12.3 Å². The van der Waals surface area contributed by atoms with Crippen LogP contribution in [0, 0.1) is 5.82 Å². The summed E-state index contributed by atoms with van der Waals surface area (Å²) in [5.41, 5.74) is 0.939. The second-order valence-corrected chi connectivity index (χ2v) is 8.84. The number of nitrogens with one attached hydrogen (secondary N) is 1. The Hall–Kier alpha value is -2.61. The summed E-state index contributed by atoms with van der Waals surface area (Å²) in [6.45, 7) is 0. The molecular weight excluding hydrogens is 448 g/mol. The fourth-order valence-corrected chi connectivity index (χ4v) is 5.39. The maximum Gasteiger partial charge on any atom is 0.329 e. The van der Waals surface area contributed by atoms with Crippen LogP contribution in [0.2, 0.25) is 10.0 Å². The Kier molecular flexibility index (Phi) is 4.69. The Morgan fingerprint density at radius 2 is 1.90 bits per heavy atom. The lowest BCUT2D eigenvalue weighted by atomic mass is 10.1. The highest BCUT2D eigenvalue weighted by Gasteiger charge is 2.45. The van der Waals surface area contributed by atoms with E-state index in [1.165, 1.54) is 24.0 Å². The number of hydrogen-bond donors (Lipinski definition) is 1. The molecule has 0 saturated carbocycles. The average Bonchev–Trinajstić information content (AvgIpc) is 3.15. The van der Waals surface area contributed by atoms with E-state index in [9.17, 15) is 14.0 Å². The number of carbonyl (C=O) groups excluding carboxylic acids is 2. The number of nitrogens with zero attached hydrogens (tertiary/aromatic N) is 2. The van der Waals surface area contributed by atoms with E-state index in [2.05, 4.69) is 10.3 Å². The fraction of sp³-hybridized carbons (Fsp3) is 0.0952. The number of anilines is 1. The lowest BCUT2D eigenvalue weighted by Gasteiger charge is -2.33. The van der Waals surface area contributed by atoms with E-state index in [1.807, 2.05) is 24.3 Å². The first-order valence-corrected chi connectivity index (χ1v) is 10.6. The van der Waals surface area contributed by atoms with Gasteiger partial charge in [-0.1, -0.05) is 47.5 Å². The van der Waals surface area contributed by atoms with E-state index in [0.29, 0.717) is 16.2 Å². The number of carbonyl (C=O) groups is 2. The predicted molar refractivity (Wildman–Crippen MR) is 117 cm³/mol. The summed E-state index contributed by atoms with van der Waals surface area (Å²) in [5.74, 6) is -0.979. The van der Waals surface area contributed by atoms with Gasteiger partial charge < -0.3 is 5.32 Å². The molecule has 0 bridgehead atoms. The standard InChI is InChI=1S/C21H12Cl2FN3O2S/c22-13-6-15(24)14(23)5-12(13)18-7-16-19(30-18)20(28)27(21(29)26-16)17-9-25-8-10-3-1-2-4-11(10)17/h1-9,16,19H,(H,26,29). The van der Waals surface area contributed by atoms with Gasteiger partial charge in [-0.3, -0.25) is 9.78 Å². The molecular formula is C21H12Cl2FN3O2S. The van der Waals surface area contributed by atoms with Crippen molar-refractivity contribution < 1.29 is 14.0 Å². The summed E-state index contributed by atoms with van der Waals surface area (Å²) in [4.78, 5) is 32.1. The second kappa shape index (κ2) is 7.27. The molecule has 3 heterocycles. The average molecular weight is 460 g/mol. The van der Waals surface area contributed by atoms with Crippen molar-refractivity contribution in [3.63, 3.8) is 0 Å². The van der Waals surface area contributed by atoms with Crippen LogP contribution < -0.4 is 10.2 Å². The number of aromatic nitrogens is 1. The van der Waals surface area contributed by atoms with E-state index >= 15 is 0 Å². The van der Waals surface area contributed by atoms with Gasteiger partial charge in [0.2, 0.25) is 0 Å². The number of halogens is 3. The van der Waals surface area contributed by atoms with Crippen molar-refractivity contribution in [2.24, 2.45) is 0 Å². The first-order chi connectivity index (χ1) is 14.4. The van der Waals surface area contributed by atoms with Crippen LogP contribution in [-0.4, -0.2) is 28.2 Å². The van der Waals surface area contributed by atoms with Crippen LogP contribution in [0.25, 0.3) is 15.7 Å². The first-order valence-electron chi connectivity index (χ1n) is 8.94. The molecule has 9 heteroatoms. The van der Waals surface area contributed by atoms with Crippen LogP contribution in [0.1, 0.15) is 5.56 Å². The number of pyridine rings is 1. The molecule has 0 aliphatic carbocycles. The van der Waals surface area contributed by atoms with Gasteiger partial charge in [0.05, 0.1) is 28.0 Å². The first kappa shape index (κ1) is 19.4. The van der Waals surface area contributed by atoms with E-state index < -0.39 is 23.1 Å². The van der Waals surface area contributed by atoms with Gasteiger partial charge in [0.15, 0.2) is 0 Å².